The fourth-order valence-electron chi connectivity index (χ4n) is 2.58. The Hall–Kier alpha value is -0.640. The quantitative estimate of drug-likeness (QED) is 0.884. The lowest BCUT2D eigenvalue weighted by Crippen LogP contribution is -2.05. The van der Waals surface area contributed by atoms with Crippen LogP contribution in [0.1, 0.15) is 69.5 Å². The summed E-state index contributed by atoms with van der Waals surface area (Å²) in [7, 11) is 0. The molecule has 1 aromatic heterocycles. The Morgan fingerprint density at radius 1 is 0.941 bits per heavy atom. The van der Waals surface area contributed by atoms with E-state index >= 15 is 0 Å². The van der Waals surface area contributed by atoms with E-state index in [1.54, 1.807) is 11.5 Å². The summed E-state index contributed by atoms with van der Waals surface area (Å²) in [6.07, 6.45) is 12.1. The van der Waals surface area contributed by atoms with Crippen LogP contribution in [0.4, 0.5) is 5.13 Å². The maximum absolute atomic E-state index is 4.68. The van der Waals surface area contributed by atoms with Gasteiger partial charge in [-0.15, -0.1) is 0 Å². The van der Waals surface area contributed by atoms with Crippen molar-refractivity contribution in [2.45, 2.75) is 69.7 Å². The second-order valence-electron chi connectivity index (χ2n) is 5.42. The van der Waals surface area contributed by atoms with Crippen molar-refractivity contribution in [3.05, 3.63) is 5.82 Å². The van der Waals surface area contributed by atoms with Crippen molar-refractivity contribution in [3.8, 4) is 0 Å². The van der Waals surface area contributed by atoms with Crippen molar-refractivity contribution < 1.29 is 0 Å². The smallest absolute Gasteiger partial charge is 0.202 e. The molecule has 0 saturated heterocycles. The first-order valence-corrected chi connectivity index (χ1v) is 7.79. The summed E-state index contributed by atoms with van der Waals surface area (Å²) in [5, 5.41) is 4.49. The molecule has 1 N–H and O–H groups in total. The lowest BCUT2D eigenvalue weighted by Gasteiger charge is -2.16. The first-order valence-electron chi connectivity index (χ1n) is 7.02. The SMILES string of the molecule is C1CCCC(c2nsc(NC3CC3)n2)CCC1. The summed E-state index contributed by atoms with van der Waals surface area (Å²) in [5.74, 6) is 1.74. The average Bonchev–Trinajstić information content (AvgIpc) is 2.96. The van der Waals surface area contributed by atoms with Crippen LogP contribution in [0.5, 0.6) is 0 Å². The Kier molecular flexibility index (Phi) is 3.60. The molecule has 4 heteroatoms. The molecular formula is C13H21N3S. The van der Waals surface area contributed by atoms with Crippen LogP contribution >= 0.6 is 11.5 Å². The van der Waals surface area contributed by atoms with Gasteiger partial charge in [-0.25, -0.2) is 4.98 Å². The van der Waals surface area contributed by atoms with Crippen LogP contribution in [0.25, 0.3) is 0 Å². The van der Waals surface area contributed by atoms with Gasteiger partial charge in [-0.1, -0.05) is 32.1 Å². The van der Waals surface area contributed by atoms with Crippen LogP contribution in [0.15, 0.2) is 0 Å². The number of hydrogen-bond donors (Lipinski definition) is 1. The molecule has 0 atom stereocenters. The van der Waals surface area contributed by atoms with Gasteiger partial charge in [0, 0.05) is 23.5 Å². The van der Waals surface area contributed by atoms with Gasteiger partial charge >= 0.3 is 0 Å². The molecular weight excluding hydrogens is 230 g/mol. The van der Waals surface area contributed by atoms with E-state index in [0.29, 0.717) is 12.0 Å². The zero-order chi connectivity index (χ0) is 11.5. The van der Waals surface area contributed by atoms with Crippen LogP contribution in [0.2, 0.25) is 0 Å². The van der Waals surface area contributed by atoms with Gasteiger partial charge in [0.05, 0.1) is 0 Å². The third-order valence-corrected chi connectivity index (χ3v) is 4.48. The summed E-state index contributed by atoms with van der Waals surface area (Å²) < 4.78 is 4.56. The fraction of sp³-hybridized carbons (Fsp3) is 0.846. The van der Waals surface area contributed by atoms with Crippen LogP contribution in [0.3, 0.4) is 0 Å². The van der Waals surface area contributed by atoms with E-state index in [4.69, 9.17) is 0 Å². The monoisotopic (exact) mass is 251 g/mol. The van der Waals surface area contributed by atoms with Gasteiger partial charge in [0.2, 0.25) is 5.13 Å². The van der Waals surface area contributed by atoms with E-state index in [0.717, 1.165) is 11.0 Å². The van der Waals surface area contributed by atoms with Gasteiger partial charge in [0.1, 0.15) is 5.82 Å². The van der Waals surface area contributed by atoms with Gasteiger partial charge in [0.25, 0.3) is 0 Å². The van der Waals surface area contributed by atoms with Crippen molar-refractivity contribution in [2.24, 2.45) is 0 Å². The molecule has 0 amide bonds. The third kappa shape index (κ3) is 3.18. The molecule has 0 spiro atoms. The normalized spacial score (nSPS) is 23.1. The Morgan fingerprint density at radius 2 is 1.65 bits per heavy atom. The number of aromatic nitrogens is 2. The van der Waals surface area contributed by atoms with E-state index in [2.05, 4.69) is 14.7 Å². The highest BCUT2D eigenvalue weighted by atomic mass is 32.1. The number of nitrogens with zero attached hydrogens (tertiary/aromatic N) is 2. The van der Waals surface area contributed by atoms with Gasteiger partial charge < -0.3 is 5.32 Å². The topological polar surface area (TPSA) is 37.8 Å². The number of rotatable bonds is 3. The minimum absolute atomic E-state index is 0.626. The van der Waals surface area contributed by atoms with Gasteiger partial charge in [0.15, 0.2) is 0 Å². The van der Waals surface area contributed by atoms with E-state index < -0.39 is 0 Å². The van der Waals surface area contributed by atoms with E-state index in [1.807, 2.05) is 0 Å². The van der Waals surface area contributed by atoms with Crippen molar-refractivity contribution >= 4 is 16.7 Å². The Bertz CT molecular complexity index is 351. The lowest BCUT2D eigenvalue weighted by atomic mass is 9.91. The standard InChI is InChI=1S/C13H21N3S/c1-2-4-6-10(7-5-3-1)12-15-13(17-16-12)14-11-8-9-11/h10-11H,1-9H2,(H,14,15,16). The summed E-state index contributed by atoms with van der Waals surface area (Å²) in [6, 6.07) is 0.688. The van der Waals surface area contributed by atoms with Crippen LogP contribution in [0, 0.1) is 0 Å². The largest absolute Gasteiger partial charge is 0.358 e. The number of nitrogens with one attached hydrogen (secondary N) is 1. The zero-order valence-electron chi connectivity index (χ0n) is 10.3. The van der Waals surface area contributed by atoms with E-state index in [1.165, 1.54) is 57.8 Å². The first kappa shape index (κ1) is 11.5. The fourth-order valence-corrected chi connectivity index (χ4v) is 3.30. The maximum atomic E-state index is 4.68. The molecule has 2 aliphatic rings. The molecule has 2 fully saturated rings. The van der Waals surface area contributed by atoms with Gasteiger partial charge in [-0.3, -0.25) is 0 Å². The predicted molar refractivity (Wildman–Crippen MR) is 71.6 cm³/mol. The molecule has 3 rings (SSSR count). The van der Waals surface area contributed by atoms with Crippen LogP contribution < -0.4 is 5.32 Å². The highest BCUT2D eigenvalue weighted by Crippen LogP contribution is 2.32. The minimum Gasteiger partial charge on any atom is -0.358 e. The Balaban J connectivity index is 1.62. The highest BCUT2D eigenvalue weighted by Gasteiger charge is 2.23. The minimum atomic E-state index is 0.626. The zero-order valence-corrected chi connectivity index (χ0v) is 11.1. The highest BCUT2D eigenvalue weighted by molar-refractivity contribution is 7.09. The molecule has 1 heterocycles. The molecule has 2 saturated carbocycles. The second kappa shape index (κ2) is 5.34. The maximum Gasteiger partial charge on any atom is 0.202 e. The number of anilines is 1. The lowest BCUT2D eigenvalue weighted by molar-refractivity contribution is 0.445. The summed E-state index contributed by atoms with van der Waals surface area (Å²) in [4.78, 5) is 4.68. The van der Waals surface area contributed by atoms with Gasteiger partial charge in [-0.05, 0) is 25.7 Å². The van der Waals surface area contributed by atoms with Crippen molar-refractivity contribution in [3.63, 3.8) is 0 Å². The molecule has 1 aromatic rings. The molecule has 17 heavy (non-hydrogen) atoms. The Morgan fingerprint density at radius 3 is 2.35 bits per heavy atom. The number of hydrogen-bond acceptors (Lipinski definition) is 4. The molecule has 0 bridgehead atoms. The van der Waals surface area contributed by atoms with Crippen LogP contribution in [-0.4, -0.2) is 15.4 Å². The average molecular weight is 251 g/mol. The molecule has 0 unspecified atom stereocenters. The summed E-state index contributed by atoms with van der Waals surface area (Å²) in [5.41, 5.74) is 0. The molecule has 2 aliphatic carbocycles. The van der Waals surface area contributed by atoms with E-state index in [9.17, 15) is 0 Å². The van der Waals surface area contributed by atoms with Gasteiger partial charge in [-0.2, -0.15) is 4.37 Å². The van der Waals surface area contributed by atoms with E-state index in [-0.39, 0.29) is 0 Å². The second-order valence-corrected chi connectivity index (χ2v) is 6.17. The molecule has 0 aromatic carbocycles. The van der Waals surface area contributed by atoms with Crippen LogP contribution in [-0.2, 0) is 0 Å². The third-order valence-electron chi connectivity index (χ3n) is 3.82. The molecule has 94 valence electrons. The van der Waals surface area contributed by atoms with Crippen molar-refractivity contribution in [2.75, 3.05) is 5.32 Å². The predicted octanol–water partition coefficient (Wildman–Crippen LogP) is 3.94. The van der Waals surface area contributed by atoms with Crippen molar-refractivity contribution in [1.29, 1.82) is 0 Å². The summed E-state index contributed by atoms with van der Waals surface area (Å²) in [6.45, 7) is 0. The molecule has 0 radical (unpaired) electrons. The Labute approximate surface area is 107 Å². The summed E-state index contributed by atoms with van der Waals surface area (Å²) >= 11 is 1.55. The molecule has 0 aliphatic heterocycles. The first-order chi connectivity index (χ1) is 8.42. The van der Waals surface area contributed by atoms with Crippen molar-refractivity contribution in [1.82, 2.24) is 9.36 Å². The molecule has 3 nitrogen and oxygen atoms in total.